The molecule has 0 aromatic heterocycles. The molecule has 1 aliphatic rings. The summed E-state index contributed by atoms with van der Waals surface area (Å²) in [6.45, 7) is 0.567. The van der Waals surface area contributed by atoms with Gasteiger partial charge in [0.25, 0.3) is 5.69 Å². The predicted molar refractivity (Wildman–Crippen MR) is 80.9 cm³/mol. The number of non-ortho nitro benzene ring substituents is 1. The molecule has 2 rings (SSSR count). The first kappa shape index (κ1) is 16.7. The summed E-state index contributed by atoms with van der Waals surface area (Å²) in [5.41, 5.74) is -0.132. The molecule has 0 spiro atoms. The minimum Gasteiger partial charge on any atom is -0.396 e. The molecule has 9 heteroatoms. The molecule has 1 saturated carbocycles. The number of nitrogens with zero attached hydrogens (tertiary/aromatic N) is 1. The number of anilines is 1. The Morgan fingerprint density at radius 2 is 2.09 bits per heavy atom. The molecule has 0 unspecified atom stereocenters. The summed E-state index contributed by atoms with van der Waals surface area (Å²) in [4.78, 5) is 9.81. The number of benzene rings is 1. The Bertz CT molecular complexity index is 670. The van der Waals surface area contributed by atoms with Gasteiger partial charge in [-0.3, -0.25) is 10.1 Å². The van der Waals surface area contributed by atoms with E-state index >= 15 is 0 Å². The minimum absolute atomic E-state index is 0.0494. The van der Waals surface area contributed by atoms with E-state index in [0.29, 0.717) is 13.0 Å². The van der Waals surface area contributed by atoms with Gasteiger partial charge in [-0.05, 0) is 30.7 Å². The Kier molecular flexibility index (Phi) is 4.69. The van der Waals surface area contributed by atoms with E-state index in [1.165, 1.54) is 12.1 Å². The van der Waals surface area contributed by atoms with Crippen molar-refractivity contribution in [2.75, 3.05) is 18.5 Å². The van der Waals surface area contributed by atoms with Crippen molar-refractivity contribution in [1.82, 2.24) is 0 Å². The fraction of sp³-hybridized carbons (Fsp3) is 0.538. The summed E-state index contributed by atoms with van der Waals surface area (Å²) in [6, 6.07) is 3.54. The van der Waals surface area contributed by atoms with Crippen molar-refractivity contribution in [3.63, 3.8) is 0 Å². The molecule has 0 heterocycles. The Morgan fingerprint density at radius 1 is 1.41 bits per heavy atom. The number of rotatable bonds is 7. The quantitative estimate of drug-likeness (QED) is 0.508. The zero-order chi connectivity index (χ0) is 16.4. The largest absolute Gasteiger partial charge is 0.396 e. The van der Waals surface area contributed by atoms with E-state index in [0.717, 1.165) is 25.3 Å². The Labute approximate surface area is 128 Å². The van der Waals surface area contributed by atoms with Gasteiger partial charge in [0, 0.05) is 25.3 Å². The number of nitrogens with two attached hydrogens (primary N) is 1. The van der Waals surface area contributed by atoms with Crippen LogP contribution in [0, 0.1) is 15.5 Å². The lowest BCUT2D eigenvalue weighted by molar-refractivity contribution is -0.385. The summed E-state index contributed by atoms with van der Waals surface area (Å²) in [6.07, 6.45) is 3.62. The molecule has 0 amide bonds. The molecule has 22 heavy (non-hydrogen) atoms. The number of nitro groups is 1. The van der Waals surface area contributed by atoms with Crippen LogP contribution in [0.4, 0.5) is 11.4 Å². The summed E-state index contributed by atoms with van der Waals surface area (Å²) in [7, 11) is -4.07. The third-order valence-corrected chi connectivity index (χ3v) is 5.14. The zero-order valence-electron chi connectivity index (χ0n) is 12.0. The van der Waals surface area contributed by atoms with Crippen LogP contribution >= 0.6 is 0 Å². The summed E-state index contributed by atoms with van der Waals surface area (Å²) >= 11 is 0. The lowest BCUT2D eigenvalue weighted by Crippen LogP contribution is -2.37. The summed E-state index contributed by atoms with van der Waals surface area (Å²) in [5, 5.41) is 28.1. The van der Waals surface area contributed by atoms with E-state index in [9.17, 15) is 18.5 Å². The molecule has 0 bridgehead atoms. The molecule has 0 saturated heterocycles. The first-order chi connectivity index (χ1) is 10.3. The van der Waals surface area contributed by atoms with Crippen LogP contribution in [0.2, 0.25) is 0 Å². The third kappa shape index (κ3) is 3.54. The standard InChI is InChI=1S/C13H19N3O5S/c14-22(20,21)12-8-10(16(18)19)2-3-11(12)15-9-13(6-7-17)4-1-5-13/h2-3,8,15,17H,1,4-7,9H2,(H2,14,20,21). The lowest BCUT2D eigenvalue weighted by Gasteiger charge is -2.42. The molecule has 1 aliphatic carbocycles. The van der Waals surface area contributed by atoms with E-state index < -0.39 is 14.9 Å². The van der Waals surface area contributed by atoms with Crippen LogP contribution in [0.25, 0.3) is 0 Å². The molecule has 8 nitrogen and oxygen atoms in total. The number of primary sulfonamides is 1. The van der Waals surface area contributed by atoms with E-state index in [1.54, 1.807) is 0 Å². The molecular weight excluding hydrogens is 310 g/mol. The van der Waals surface area contributed by atoms with Gasteiger partial charge >= 0.3 is 0 Å². The van der Waals surface area contributed by atoms with Gasteiger partial charge in [-0.1, -0.05) is 6.42 Å². The number of nitro benzene ring substituents is 1. The Morgan fingerprint density at radius 3 is 2.55 bits per heavy atom. The summed E-state index contributed by atoms with van der Waals surface area (Å²) in [5.74, 6) is 0. The fourth-order valence-corrected chi connectivity index (χ4v) is 3.45. The molecule has 1 fully saturated rings. The van der Waals surface area contributed by atoms with Gasteiger partial charge in [-0.25, -0.2) is 13.6 Å². The van der Waals surface area contributed by atoms with Crippen molar-refractivity contribution in [2.45, 2.75) is 30.6 Å². The van der Waals surface area contributed by atoms with Crippen molar-refractivity contribution in [3.05, 3.63) is 28.3 Å². The fourth-order valence-electron chi connectivity index (χ4n) is 2.72. The lowest BCUT2D eigenvalue weighted by atomic mass is 9.67. The highest BCUT2D eigenvalue weighted by Gasteiger charge is 2.36. The van der Waals surface area contributed by atoms with Crippen LogP contribution in [0.5, 0.6) is 0 Å². The highest BCUT2D eigenvalue weighted by atomic mass is 32.2. The summed E-state index contributed by atoms with van der Waals surface area (Å²) < 4.78 is 23.3. The van der Waals surface area contributed by atoms with Crippen molar-refractivity contribution < 1.29 is 18.4 Å². The van der Waals surface area contributed by atoms with E-state index in [-0.39, 0.29) is 28.3 Å². The average molecular weight is 329 g/mol. The van der Waals surface area contributed by atoms with E-state index in [4.69, 9.17) is 10.2 Å². The average Bonchev–Trinajstić information content (AvgIpc) is 2.40. The number of sulfonamides is 1. The topological polar surface area (TPSA) is 136 Å². The van der Waals surface area contributed by atoms with Gasteiger partial charge in [0.05, 0.1) is 10.6 Å². The van der Waals surface area contributed by atoms with Crippen LogP contribution in [-0.2, 0) is 10.0 Å². The molecule has 0 aliphatic heterocycles. The van der Waals surface area contributed by atoms with Gasteiger partial charge in [0.15, 0.2) is 0 Å². The molecule has 1 aromatic carbocycles. The maximum absolute atomic E-state index is 11.6. The minimum atomic E-state index is -4.07. The van der Waals surface area contributed by atoms with E-state index in [2.05, 4.69) is 5.32 Å². The number of nitrogens with one attached hydrogen (secondary N) is 1. The normalized spacial score (nSPS) is 16.8. The second kappa shape index (κ2) is 6.19. The van der Waals surface area contributed by atoms with Crippen LogP contribution in [0.1, 0.15) is 25.7 Å². The SMILES string of the molecule is NS(=O)(=O)c1cc([N+](=O)[O-])ccc1NCC1(CCO)CCC1. The molecule has 0 atom stereocenters. The van der Waals surface area contributed by atoms with Crippen LogP contribution < -0.4 is 10.5 Å². The van der Waals surface area contributed by atoms with Gasteiger partial charge in [-0.15, -0.1) is 0 Å². The van der Waals surface area contributed by atoms with Gasteiger partial charge < -0.3 is 10.4 Å². The maximum atomic E-state index is 11.6. The molecule has 122 valence electrons. The number of hydrogen-bond donors (Lipinski definition) is 3. The van der Waals surface area contributed by atoms with Gasteiger partial charge in [0.2, 0.25) is 10.0 Å². The van der Waals surface area contributed by atoms with Crippen molar-refractivity contribution in [2.24, 2.45) is 10.6 Å². The molecular formula is C13H19N3O5S. The number of aliphatic hydroxyl groups is 1. The highest BCUT2D eigenvalue weighted by molar-refractivity contribution is 7.89. The second-order valence-corrected chi connectivity index (χ2v) is 7.19. The highest BCUT2D eigenvalue weighted by Crippen LogP contribution is 2.44. The first-order valence-corrected chi connectivity index (χ1v) is 8.48. The first-order valence-electron chi connectivity index (χ1n) is 6.93. The Balaban J connectivity index is 2.25. The second-order valence-electron chi connectivity index (χ2n) is 5.66. The molecule has 1 aromatic rings. The number of aliphatic hydroxyl groups excluding tert-OH is 1. The molecule has 0 radical (unpaired) electrons. The maximum Gasteiger partial charge on any atom is 0.270 e. The monoisotopic (exact) mass is 329 g/mol. The smallest absolute Gasteiger partial charge is 0.270 e. The van der Waals surface area contributed by atoms with Crippen molar-refractivity contribution in [3.8, 4) is 0 Å². The van der Waals surface area contributed by atoms with Crippen molar-refractivity contribution >= 4 is 21.4 Å². The van der Waals surface area contributed by atoms with Gasteiger partial charge in [0.1, 0.15) is 4.90 Å². The van der Waals surface area contributed by atoms with Crippen LogP contribution in [0.3, 0.4) is 0 Å². The Hall–Kier alpha value is -1.71. The third-order valence-electron chi connectivity index (χ3n) is 4.19. The van der Waals surface area contributed by atoms with Crippen LogP contribution in [-0.4, -0.2) is 31.6 Å². The van der Waals surface area contributed by atoms with Gasteiger partial charge in [-0.2, -0.15) is 0 Å². The molecule has 4 N–H and O–H groups in total. The van der Waals surface area contributed by atoms with E-state index in [1.807, 2.05) is 0 Å². The predicted octanol–water partition coefficient (Wildman–Crippen LogP) is 1.21. The van der Waals surface area contributed by atoms with Crippen molar-refractivity contribution in [1.29, 1.82) is 0 Å². The zero-order valence-corrected chi connectivity index (χ0v) is 12.8. The number of hydrogen-bond acceptors (Lipinski definition) is 6. The van der Waals surface area contributed by atoms with Crippen LogP contribution in [0.15, 0.2) is 23.1 Å².